The summed E-state index contributed by atoms with van der Waals surface area (Å²) in [6.45, 7) is 11.5. The fourth-order valence-electron chi connectivity index (χ4n) is 4.00. The number of likely N-dealkylation sites (tertiary alicyclic amines) is 1. The minimum Gasteiger partial charge on any atom is -0.496 e. The summed E-state index contributed by atoms with van der Waals surface area (Å²) in [5.41, 5.74) is 1.61. The first-order valence-electron chi connectivity index (χ1n) is 10.0. The maximum Gasteiger partial charge on any atom is 0.494 e. The van der Waals surface area contributed by atoms with Gasteiger partial charge in [0, 0.05) is 24.7 Å². The first kappa shape index (κ1) is 20.7. The van der Waals surface area contributed by atoms with Gasteiger partial charge in [0.05, 0.1) is 18.3 Å². The Morgan fingerprint density at radius 1 is 1.19 bits per heavy atom. The van der Waals surface area contributed by atoms with Gasteiger partial charge in [-0.05, 0) is 72.7 Å². The molecule has 27 heavy (non-hydrogen) atoms. The lowest BCUT2D eigenvalue weighted by Crippen LogP contribution is -2.41. The molecule has 0 N–H and O–H groups in total. The molecule has 150 valence electrons. The van der Waals surface area contributed by atoms with Gasteiger partial charge in [-0.15, -0.1) is 0 Å². The van der Waals surface area contributed by atoms with Gasteiger partial charge in [-0.2, -0.15) is 0 Å². The Bertz CT molecular complexity index is 647. The molecule has 2 saturated heterocycles. The molecule has 6 heteroatoms. The van der Waals surface area contributed by atoms with Crippen LogP contribution in [0, 0.1) is 0 Å². The first-order valence-corrected chi connectivity index (χ1v) is 10.0. The van der Waals surface area contributed by atoms with Gasteiger partial charge >= 0.3 is 7.12 Å². The summed E-state index contributed by atoms with van der Waals surface area (Å²) >= 11 is 0. The van der Waals surface area contributed by atoms with Crippen LogP contribution in [0.15, 0.2) is 18.2 Å². The largest absolute Gasteiger partial charge is 0.496 e. The van der Waals surface area contributed by atoms with Crippen LogP contribution in [0.5, 0.6) is 5.75 Å². The number of ether oxygens (including phenoxy) is 1. The van der Waals surface area contributed by atoms with E-state index < -0.39 is 0 Å². The second-order valence-corrected chi connectivity index (χ2v) is 9.19. The standard InChI is InChI=1S/C21H35BN2O3/c1-20(2)21(3,4)27-22(26-20)17-10-11-19(25-7)16(13-17)14-24-12-8-9-18(24)15-23(5)6/h10-11,13,18H,8-9,12,14-15H2,1-7H3. The Labute approximate surface area is 165 Å². The van der Waals surface area contributed by atoms with Gasteiger partial charge in [0.15, 0.2) is 0 Å². The van der Waals surface area contributed by atoms with Crippen molar-refractivity contribution in [3.8, 4) is 5.75 Å². The van der Waals surface area contributed by atoms with Gasteiger partial charge in [0.2, 0.25) is 0 Å². The van der Waals surface area contributed by atoms with Crippen LogP contribution in [0.3, 0.4) is 0 Å². The number of likely N-dealkylation sites (N-methyl/N-ethyl adjacent to an activating group) is 1. The maximum atomic E-state index is 6.24. The Morgan fingerprint density at radius 2 is 1.85 bits per heavy atom. The Balaban J connectivity index is 1.80. The van der Waals surface area contributed by atoms with E-state index in [0.29, 0.717) is 6.04 Å². The molecular weight excluding hydrogens is 339 g/mol. The fourth-order valence-corrected chi connectivity index (χ4v) is 4.00. The van der Waals surface area contributed by atoms with Crippen molar-refractivity contribution in [2.24, 2.45) is 0 Å². The van der Waals surface area contributed by atoms with Gasteiger partial charge < -0.3 is 18.9 Å². The normalized spacial score (nSPS) is 24.7. The summed E-state index contributed by atoms with van der Waals surface area (Å²) in [4.78, 5) is 4.85. The Kier molecular flexibility index (Phi) is 5.92. The van der Waals surface area contributed by atoms with E-state index in [4.69, 9.17) is 14.0 Å². The summed E-state index contributed by atoms with van der Waals surface area (Å²) in [7, 11) is 5.70. The number of methoxy groups -OCH3 is 1. The van der Waals surface area contributed by atoms with E-state index in [9.17, 15) is 0 Å². The van der Waals surface area contributed by atoms with Crippen LogP contribution < -0.4 is 10.2 Å². The van der Waals surface area contributed by atoms with E-state index in [-0.39, 0.29) is 18.3 Å². The van der Waals surface area contributed by atoms with Crippen molar-refractivity contribution in [3.05, 3.63) is 23.8 Å². The molecule has 2 aliphatic rings. The summed E-state index contributed by atoms with van der Waals surface area (Å²) < 4.78 is 18.1. The number of nitrogens with zero attached hydrogens (tertiary/aromatic N) is 2. The van der Waals surface area contributed by atoms with Crippen molar-refractivity contribution in [2.45, 2.75) is 64.3 Å². The third-order valence-electron chi connectivity index (χ3n) is 6.28. The predicted molar refractivity (Wildman–Crippen MR) is 111 cm³/mol. The van der Waals surface area contributed by atoms with Crippen LogP contribution in [-0.4, -0.2) is 68.5 Å². The van der Waals surface area contributed by atoms with Crippen molar-refractivity contribution in [3.63, 3.8) is 0 Å². The molecule has 2 aliphatic heterocycles. The zero-order valence-corrected chi connectivity index (χ0v) is 18.0. The molecule has 1 aromatic carbocycles. The van der Waals surface area contributed by atoms with Crippen LogP contribution >= 0.6 is 0 Å². The summed E-state index contributed by atoms with van der Waals surface area (Å²) in [5.74, 6) is 0.936. The molecule has 0 amide bonds. The van der Waals surface area contributed by atoms with Crippen LogP contribution in [0.2, 0.25) is 0 Å². The number of rotatable bonds is 6. The Hall–Kier alpha value is -1.08. The second kappa shape index (κ2) is 7.74. The monoisotopic (exact) mass is 374 g/mol. The molecule has 0 aliphatic carbocycles. The highest BCUT2D eigenvalue weighted by atomic mass is 16.7. The average molecular weight is 374 g/mol. The lowest BCUT2D eigenvalue weighted by atomic mass is 9.78. The van der Waals surface area contributed by atoms with Gasteiger partial charge in [-0.25, -0.2) is 0 Å². The molecule has 2 heterocycles. The predicted octanol–water partition coefficient (Wildman–Crippen LogP) is 2.52. The molecule has 2 fully saturated rings. The van der Waals surface area contributed by atoms with Gasteiger partial charge in [0.1, 0.15) is 5.75 Å². The van der Waals surface area contributed by atoms with Gasteiger partial charge in [-0.1, -0.05) is 12.1 Å². The Morgan fingerprint density at radius 3 is 2.44 bits per heavy atom. The van der Waals surface area contributed by atoms with E-state index in [1.807, 2.05) is 6.07 Å². The fraction of sp³-hybridized carbons (Fsp3) is 0.714. The molecule has 0 aromatic heterocycles. The number of hydrogen-bond acceptors (Lipinski definition) is 5. The number of hydrogen-bond donors (Lipinski definition) is 0. The van der Waals surface area contributed by atoms with E-state index in [1.54, 1.807) is 7.11 Å². The highest BCUT2D eigenvalue weighted by Crippen LogP contribution is 2.37. The third-order valence-corrected chi connectivity index (χ3v) is 6.28. The minimum atomic E-state index is -0.337. The summed E-state index contributed by atoms with van der Waals surface area (Å²) in [6.07, 6.45) is 2.52. The molecule has 5 nitrogen and oxygen atoms in total. The summed E-state index contributed by atoms with van der Waals surface area (Å²) in [5, 5.41) is 0. The van der Waals surface area contributed by atoms with Crippen LogP contribution in [0.1, 0.15) is 46.1 Å². The maximum absolute atomic E-state index is 6.24. The average Bonchev–Trinajstić information content (AvgIpc) is 3.08. The van der Waals surface area contributed by atoms with Crippen LogP contribution in [0.25, 0.3) is 0 Å². The second-order valence-electron chi connectivity index (χ2n) is 9.19. The van der Waals surface area contributed by atoms with Crippen molar-refractivity contribution < 1.29 is 14.0 Å². The lowest BCUT2D eigenvalue weighted by molar-refractivity contribution is 0.00578. The van der Waals surface area contributed by atoms with E-state index in [0.717, 1.165) is 30.8 Å². The molecular formula is C21H35BN2O3. The highest BCUT2D eigenvalue weighted by molar-refractivity contribution is 6.62. The highest BCUT2D eigenvalue weighted by Gasteiger charge is 2.51. The molecule has 0 bridgehead atoms. The van der Waals surface area contributed by atoms with Crippen molar-refractivity contribution in [1.29, 1.82) is 0 Å². The minimum absolute atomic E-state index is 0.330. The lowest BCUT2D eigenvalue weighted by Gasteiger charge is -2.32. The van der Waals surface area contributed by atoms with Crippen molar-refractivity contribution >= 4 is 12.6 Å². The van der Waals surface area contributed by atoms with Gasteiger partial charge in [-0.3, -0.25) is 4.90 Å². The van der Waals surface area contributed by atoms with Crippen molar-refractivity contribution in [2.75, 3.05) is 34.3 Å². The molecule has 0 radical (unpaired) electrons. The summed E-state index contributed by atoms with van der Waals surface area (Å²) in [6, 6.07) is 6.91. The molecule has 1 aromatic rings. The zero-order valence-electron chi connectivity index (χ0n) is 18.0. The third kappa shape index (κ3) is 4.34. The first-order chi connectivity index (χ1) is 12.6. The molecule has 0 spiro atoms. The van der Waals surface area contributed by atoms with E-state index in [1.165, 1.54) is 18.4 Å². The molecule has 3 rings (SSSR count). The van der Waals surface area contributed by atoms with Crippen LogP contribution in [-0.2, 0) is 15.9 Å². The quantitative estimate of drug-likeness (QED) is 0.715. The SMILES string of the molecule is COc1ccc(B2OC(C)(C)C(C)(C)O2)cc1CN1CCCC1CN(C)C. The van der Waals surface area contributed by atoms with E-state index >= 15 is 0 Å². The van der Waals surface area contributed by atoms with Gasteiger partial charge in [0.25, 0.3) is 0 Å². The smallest absolute Gasteiger partial charge is 0.494 e. The molecule has 1 atom stereocenters. The number of benzene rings is 1. The zero-order chi connectivity index (χ0) is 19.8. The molecule has 1 unspecified atom stereocenters. The van der Waals surface area contributed by atoms with Crippen LogP contribution in [0.4, 0.5) is 0 Å². The topological polar surface area (TPSA) is 34.2 Å². The molecule has 0 saturated carbocycles. The van der Waals surface area contributed by atoms with Crippen molar-refractivity contribution in [1.82, 2.24) is 9.80 Å². The van der Waals surface area contributed by atoms with E-state index in [2.05, 4.69) is 63.7 Å².